The molecule has 0 atom stereocenters. The van der Waals surface area contributed by atoms with Crippen LogP contribution in [0.5, 0.6) is 0 Å². The SMILES string of the molecule is C=C(C)CN1CCC(NC(=NC)NCC2CCN(Cc3ccccc3F)CC2)CC1. The van der Waals surface area contributed by atoms with Crippen LogP contribution in [0.4, 0.5) is 4.39 Å². The van der Waals surface area contributed by atoms with Crippen molar-refractivity contribution in [1.29, 1.82) is 0 Å². The Labute approximate surface area is 181 Å². The molecule has 0 unspecified atom stereocenters. The molecule has 0 bridgehead atoms. The van der Waals surface area contributed by atoms with E-state index in [4.69, 9.17) is 0 Å². The number of nitrogens with zero attached hydrogens (tertiary/aromatic N) is 3. The van der Waals surface area contributed by atoms with E-state index >= 15 is 0 Å². The summed E-state index contributed by atoms with van der Waals surface area (Å²) in [6.45, 7) is 13.1. The van der Waals surface area contributed by atoms with Crippen LogP contribution in [0.3, 0.4) is 0 Å². The molecule has 0 aliphatic carbocycles. The zero-order valence-corrected chi connectivity index (χ0v) is 18.7. The molecule has 0 radical (unpaired) electrons. The number of benzene rings is 1. The number of likely N-dealkylation sites (tertiary alicyclic amines) is 2. The molecule has 5 nitrogen and oxygen atoms in total. The summed E-state index contributed by atoms with van der Waals surface area (Å²) in [7, 11) is 1.85. The van der Waals surface area contributed by atoms with Crippen LogP contribution in [0.1, 0.15) is 38.2 Å². The lowest BCUT2D eigenvalue weighted by atomic mass is 9.96. The Morgan fingerprint density at radius 3 is 2.40 bits per heavy atom. The normalized spacial score (nSPS) is 20.3. The Hall–Kier alpha value is -1.92. The van der Waals surface area contributed by atoms with E-state index in [2.05, 4.69) is 38.9 Å². The largest absolute Gasteiger partial charge is 0.356 e. The highest BCUT2D eigenvalue weighted by molar-refractivity contribution is 5.79. The van der Waals surface area contributed by atoms with Gasteiger partial charge in [0.05, 0.1) is 0 Å². The van der Waals surface area contributed by atoms with Gasteiger partial charge in [-0.15, -0.1) is 0 Å². The zero-order chi connectivity index (χ0) is 21.3. The number of hydrogen-bond acceptors (Lipinski definition) is 3. The average molecular weight is 416 g/mol. The lowest BCUT2D eigenvalue weighted by Crippen LogP contribution is -2.50. The molecule has 2 N–H and O–H groups in total. The van der Waals surface area contributed by atoms with Gasteiger partial charge in [-0.1, -0.05) is 30.4 Å². The molecule has 1 aromatic carbocycles. The van der Waals surface area contributed by atoms with E-state index < -0.39 is 0 Å². The standard InChI is InChI=1S/C24H38FN5/c1-19(2)17-29-14-10-22(11-15-29)28-24(26-3)27-16-20-8-12-30(13-9-20)18-21-6-4-5-7-23(21)25/h4-7,20,22H,1,8-18H2,2-3H3,(H2,26,27,28). The first kappa shape index (κ1) is 22.8. The van der Waals surface area contributed by atoms with Crippen LogP contribution < -0.4 is 10.6 Å². The maximum absolute atomic E-state index is 13.9. The molecule has 0 saturated carbocycles. The second kappa shape index (κ2) is 11.5. The first-order chi connectivity index (χ1) is 14.5. The minimum absolute atomic E-state index is 0.0957. The Balaban J connectivity index is 1.34. The third kappa shape index (κ3) is 7.10. The molecule has 30 heavy (non-hydrogen) atoms. The molecule has 0 amide bonds. The van der Waals surface area contributed by atoms with Crippen molar-refractivity contribution in [3.05, 3.63) is 47.8 Å². The fourth-order valence-corrected chi connectivity index (χ4v) is 4.46. The highest BCUT2D eigenvalue weighted by Crippen LogP contribution is 2.19. The van der Waals surface area contributed by atoms with Gasteiger partial charge in [-0.2, -0.15) is 0 Å². The Morgan fingerprint density at radius 1 is 1.10 bits per heavy atom. The topological polar surface area (TPSA) is 42.9 Å². The van der Waals surface area contributed by atoms with Gasteiger partial charge in [0.1, 0.15) is 5.82 Å². The van der Waals surface area contributed by atoms with Crippen molar-refractivity contribution in [3.63, 3.8) is 0 Å². The average Bonchev–Trinajstić information content (AvgIpc) is 2.74. The van der Waals surface area contributed by atoms with Crippen molar-refractivity contribution in [2.75, 3.05) is 46.3 Å². The molecule has 0 aromatic heterocycles. The molecule has 2 heterocycles. The molecule has 2 aliphatic heterocycles. The summed E-state index contributed by atoms with van der Waals surface area (Å²) >= 11 is 0. The van der Waals surface area contributed by atoms with Gasteiger partial charge < -0.3 is 10.6 Å². The summed E-state index contributed by atoms with van der Waals surface area (Å²) in [6, 6.07) is 7.60. The first-order valence-electron chi connectivity index (χ1n) is 11.3. The van der Waals surface area contributed by atoms with Crippen molar-refractivity contribution in [2.45, 2.75) is 45.2 Å². The van der Waals surface area contributed by atoms with Gasteiger partial charge in [-0.25, -0.2) is 4.39 Å². The van der Waals surface area contributed by atoms with Gasteiger partial charge in [0.2, 0.25) is 0 Å². The lowest BCUT2D eigenvalue weighted by molar-refractivity contribution is 0.176. The van der Waals surface area contributed by atoms with E-state index in [1.807, 2.05) is 19.2 Å². The van der Waals surface area contributed by atoms with Crippen molar-refractivity contribution in [3.8, 4) is 0 Å². The van der Waals surface area contributed by atoms with Crippen LogP contribution >= 0.6 is 0 Å². The zero-order valence-electron chi connectivity index (χ0n) is 18.7. The number of guanidine groups is 1. The van der Waals surface area contributed by atoms with E-state index in [0.29, 0.717) is 18.5 Å². The fraction of sp³-hybridized carbons (Fsp3) is 0.625. The monoisotopic (exact) mass is 415 g/mol. The summed E-state index contributed by atoms with van der Waals surface area (Å²) in [5.41, 5.74) is 2.03. The van der Waals surface area contributed by atoms with Crippen molar-refractivity contribution in [1.82, 2.24) is 20.4 Å². The van der Waals surface area contributed by atoms with Gasteiger partial charge >= 0.3 is 0 Å². The van der Waals surface area contributed by atoms with Gasteiger partial charge in [0, 0.05) is 51.4 Å². The summed E-state index contributed by atoms with van der Waals surface area (Å²) < 4.78 is 13.9. The molecule has 1 aromatic rings. The summed E-state index contributed by atoms with van der Waals surface area (Å²) in [6.07, 6.45) is 4.56. The Bertz CT molecular complexity index is 703. The molecule has 2 saturated heterocycles. The number of halogens is 1. The summed E-state index contributed by atoms with van der Waals surface area (Å²) in [5.74, 6) is 1.46. The third-order valence-electron chi connectivity index (χ3n) is 6.26. The van der Waals surface area contributed by atoms with Crippen LogP contribution in [0, 0.1) is 11.7 Å². The van der Waals surface area contributed by atoms with Gasteiger partial charge in [0.15, 0.2) is 5.96 Å². The fourth-order valence-electron chi connectivity index (χ4n) is 4.46. The molecule has 0 spiro atoms. The highest BCUT2D eigenvalue weighted by atomic mass is 19.1. The van der Waals surface area contributed by atoms with Crippen LogP contribution in [-0.2, 0) is 6.54 Å². The minimum Gasteiger partial charge on any atom is -0.356 e. The van der Waals surface area contributed by atoms with E-state index in [-0.39, 0.29) is 5.82 Å². The van der Waals surface area contributed by atoms with Crippen LogP contribution in [0.2, 0.25) is 0 Å². The lowest BCUT2D eigenvalue weighted by Gasteiger charge is -2.34. The maximum atomic E-state index is 13.9. The third-order valence-corrected chi connectivity index (χ3v) is 6.26. The smallest absolute Gasteiger partial charge is 0.191 e. The van der Waals surface area contributed by atoms with Crippen LogP contribution in [0.25, 0.3) is 0 Å². The molecule has 6 heteroatoms. The van der Waals surface area contributed by atoms with Crippen molar-refractivity contribution in [2.24, 2.45) is 10.9 Å². The first-order valence-corrected chi connectivity index (χ1v) is 11.3. The van der Waals surface area contributed by atoms with E-state index in [0.717, 1.165) is 76.5 Å². The minimum atomic E-state index is -0.0957. The quantitative estimate of drug-likeness (QED) is 0.408. The molecule has 2 fully saturated rings. The second-order valence-corrected chi connectivity index (χ2v) is 8.92. The maximum Gasteiger partial charge on any atom is 0.191 e. The second-order valence-electron chi connectivity index (χ2n) is 8.92. The van der Waals surface area contributed by atoms with Crippen LogP contribution in [-0.4, -0.2) is 68.1 Å². The molecule has 3 rings (SSSR count). The number of rotatable bonds is 7. The van der Waals surface area contributed by atoms with E-state index in [1.165, 1.54) is 5.57 Å². The van der Waals surface area contributed by atoms with Gasteiger partial charge in [-0.3, -0.25) is 14.8 Å². The predicted octanol–water partition coefficient (Wildman–Crippen LogP) is 3.24. The Morgan fingerprint density at radius 2 is 1.77 bits per heavy atom. The number of piperidine rings is 2. The van der Waals surface area contributed by atoms with E-state index in [9.17, 15) is 4.39 Å². The molecule has 2 aliphatic rings. The number of aliphatic imine (C=N–C) groups is 1. The van der Waals surface area contributed by atoms with Crippen molar-refractivity contribution < 1.29 is 4.39 Å². The number of hydrogen-bond donors (Lipinski definition) is 2. The molecular formula is C24H38FN5. The van der Waals surface area contributed by atoms with Crippen molar-refractivity contribution >= 4 is 5.96 Å². The van der Waals surface area contributed by atoms with Gasteiger partial charge in [-0.05, 0) is 57.7 Å². The van der Waals surface area contributed by atoms with E-state index in [1.54, 1.807) is 12.1 Å². The highest BCUT2D eigenvalue weighted by Gasteiger charge is 2.22. The van der Waals surface area contributed by atoms with Gasteiger partial charge in [0.25, 0.3) is 0 Å². The Kier molecular flexibility index (Phi) is 8.70. The predicted molar refractivity (Wildman–Crippen MR) is 123 cm³/mol. The summed E-state index contributed by atoms with van der Waals surface area (Å²) in [4.78, 5) is 9.27. The number of nitrogens with one attached hydrogen (secondary N) is 2. The molecule has 166 valence electrons. The van der Waals surface area contributed by atoms with Crippen LogP contribution in [0.15, 0.2) is 41.4 Å². The molecular weight excluding hydrogens is 377 g/mol. The summed E-state index contributed by atoms with van der Waals surface area (Å²) in [5, 5.41) is 7.14.